The van der Waals surface area contributed by atoms with Crippen LogP contribution in [-0.4, -0.2) is 42.7 Å². The van der Waals surface area contributed by atoms with Gasteiger partial charge in [0.15, 0.2) is 0 Å². The fourth-order valence-corrected chi connectivity index (χ4v) is 4.18. The number of nitrogens with zero attached hydrogens (tertiary/aromatic N) is 1. The van der Waals surface area contributed by atoms with Gasteiger partial charge in [0.05, 0.1) is 19.8 Å². The van der Waals surface area contributed by atoms with E-state index in [-0.39, 0.29) is 12.1 Å². The number of esters is 1. The molecule has 2 fully saturated rings. The quantitative estimate of drug-likeness (QED) is 0.575. The maximum Gasteiger partial charge on any atom is 0.326 e. The Morgan fingerprint density at radius 1 is 1.52 bits per heavy atom. The summed E-state index contributed by atoms with van der Waals surface area (Å²) < 4.78 is 12.3. The monoisotopic (exact) mass is 401 g/mol. The zero-order valence-electron chi connectivity index (χ0n) is 12.2. The van der Waals surface area contributed by atoms with Crippen LogP contribution in [0.15, 0.2) is 24.3 Å². The van der Waals surface area contributed by atoms with Crippen molar-refractivity contribution in [1.29, 1.82) is 0 Å². The molecule has 0 N–H and O–H groups in total. The Morgan fingerprint density at radius 2 is 2.38 bits per heavy atom. The Bertz CT molecular complexity index is 536. The van der Waals surface area contributed by atoms with Gasteiger partial charge in [-0.05, 0) is 59.7 Å². The van der Waals surface area contributed by atoms with Gasteiger partial charge in [0.1, 0.15) is 5.54 Å². The molecule has 0 aromatic heterocycles. The summed E-state index contributed by atoms with van der Waals surface area (Å²) in [5.74, 6) is -0.0969. The van der Waals surface area contributed by atoms with Crippen molar-refractivity contribution in [3.63, 3.8) is 0 Å². The molecule has 5 heteroatoms. The number of halogens is 1. The Kier molecular flexibility index (Phi) is 4.51. The molecule has 0 spiro atoms. The summed E-state index contributed by atoms with van der Waals surface area (Å²) in [6.07, 6.45) is 2.83. The Balaban J connectivity index is 1.63. The average Bonchev–Trinajstić information content (AvgIpc) is 3.02. The van der Waals surface area contributed by atoms with Crippen LogP contribution < -0.4 is 0 Å². The summed E-state index contributed by atoms with van der Waals surface area (Å²) in [5.41, 5.74) is 0.755. The van der Waals surface area contributed by atoms with E-state index in [4.69, 9.17) is 9.47 Å². The van der Waals surface area contributed by atoms with E-state index in [1.54, 1.807) is 0 Å². The van der Waals surface area contributed by atoms with Gasteiger partial charge in [-0.25, -0.2) is 0 Å². The van der Waals surface area contributed by atoms with Crippen molar-refractivity contribution in [3.05, 3.63) is 33.4 Å². The zero-order valence-corrected chi connectivity index (χ0v) is 14.3. The minimum atomic E-state index is -0.426. The number of carbonyl (C=O) groups excluding carboxylic acids is 1. The molecule has 2 heterocycles. The molecule has 3 rings (SSSR count). The first-order valence-electron chi connectivity index (χ1n) is 7.33. The number of hydrogen-bond donors (Lipinski definition) is 0. The lowest BCUT2D eigenvalue weighted by Crippen LogP contribution is -2.46. The third kappa shape index (κ3) is 2.96. The first kappa shape index (κ1) is 15.2. The van der Waals surface area contributed by atoms with Gasteiger partial charge < -0.3 is 9.47 Å². The van der Waals surface area contributed by atoms with Crippen LogP contribution >= 0.6 is 22.6 Å². The van der Waals surface area contributed by atoms with Crippen LogP contribution in [0.25, 0.3) is 0 Å². The highest BCUT2D eigenvalue weighted by Crippen LogP contribution is 2.41. The largest absolute Gasteiger partial charge is 0.468 e. The maximum atomic E-state index is 12.2. The van der Waals surface area contributed by atoms with Gasteiger partial charge >= 0.3 is 5.97 Å². The highest BCUT2D eigenvalue weighted by Gasteiger charge is 2.54. The third-order valence-electron chi connectivity index (χ3n) is 4.55. The second-order valence-corrected chi connectivity index (χ2v) is 7.09. The van der Waals surface area contributed by atoms with Gasteiger partial charge in [0.25, 0.3) is 0 Å². The fourth-order valence-electron chi connectivity index (χ4n) is 3.58. The minimum absolute atomic E-state index is 0.0969. The minimum Gasteiger partial charge on any atom is -0.468 e. The molecule has 2 saturated heterocycles. The van der Waals surface area contributed by atoms with E-state index in [1.165, 1.54) is 16.2 Å². The SMILES string of the molecule is COC(=O)[C@@]12CCCN1C[C@H](OCc1cccc(I)c1)C2. The number of fused-ring (bicyclic) bond motifs is 1. The molecule has 0 unspecified atom stereocenters. The highest BCUT2D eigenvalue weighted by atomic mass is 127. The molecule has 0 bridgehead atoms. The molecule has 0 radical (unpaired) electrons. The molecule has 2 atom stereocenters. The lowest BCUT2D eigenvalue weighted by molar-refractivity contribution is -0.152. The van der Waals surface area contributed by atoms with Crippen LogP contribution in [0.5, 0.6) is 0 Å². The van der Waals surface area contributed by atoms with Gasteiger partial charge in [-0.15, -0.1) is 0 Å². The molecular weight excluding hydrogens is 381 g/mol. The van der Waals surface area contributed by atoms with Crippen molar-refractivity contribution in [1.82, 2.24) is 4.90 Å². The highest BCUT2D eigenvalue weighted by molar-refractivity contribution is 14.1. The summed E-state index contributed by atoms with van der Waals surface area (Å²) in [6, 6.07) is 8.33. The Hall–Kier alpha value is -0.660. The number of ether oxygens (including phenoxy) is 2. The van der Waals surface area contributed by atoms with Crippen LogP contribution in [0.3, 0.4) is 0 Å². The normalized spacial score (nSPS) is 28.6. The maximum absolute atomic E-state index is 12.2. The predicted molar refractivity (Wildman–Crippen MR) is 87.9 cm³/mol. The van der Waals surface area contributed by atoms with Gasteiger partial charge in [-0.1, -0.05) is 12.1 Å². The van der Waals surface area contributed by atoms with Gasteiger partial charge in [0, 0.05) is 16.5 Å². The first-order chi connectivity index (χ1) is 10.1. The molecule has 114 valence electrons. The predicted octanol–water partition coefficient (Wildman–Crippen LogP) is 2.59. The Labute approximate surface area is 138 Å². The van der Waals surface area contributed by atoms with E-state index in [0.29, 0.717) is 6.61 Å². The summed E-state index contributed by atoms with van der Waals surface area (Å²) in [4.78, 5) is 14.4. The molecule has 21 heavy (non-hydrogen) atoms. The smallest absolute Gasteiger partial charge is 0.326 e. The first-order valence-corrected chi connectivity index (χ1v) is 8.41. The molecule has 1 aromatic carbocycles. The Morgan fingerprint density at radius 3 is 3.14 bits per heavy atom. The number of benzene rings is 1. The summed E-state index contributed by atoms with van der Waals surface area (Å²) in [7, 11) is 1.48. The molecule has 0 aliphatic carbocycles. The van der Waals surface area contributed by atoms with E-state index in [1.807, 2.05) is 6.07 Å². The van der Waals surface area contributed by atoms with Gasteiger partial charge in [0.2, 0.25) is 0 Å². The summed E-state index contributed by atoms with van der Waals surface area (Å²) in [5, 5.41) is 0. The van der Waals surface area contributed by atoms with Crippen molar-refractivity contribution < 1.29 is 14.3 Å². The molecule has 1 aromatic rings. The van der Waals surface area contributed by atoms with Crippen LogP contribution in [0.2, 0.25) is 0 Å². The van der Waals surface area contributed by atoms with Crippen molar-refractivity contribution in [2.75, 3.05) is 20.2 Å². The third-order valence-corrected chi connectivity index (χ3v) is 5.22. The van der Waals surface area contributed by atoms with Crippen molar-refractivity contribution >= 4 is 28.6 Å². The molecule has 0 saturated carbocycles. The van der Waals surface area contributed by atoms with Crippen LogP contribution in [0.1, 0.15) is 24.8 Å². The topological polar surface area (TPSA) is 38.8 Å². The van der Waals surface area contributed by atoms with Crippen molar-refractivity contribution in [2.24, 2.45) is 0 Å². The fraction of sp³-hybridized carbons (Fsp3) is 0.562. The molecule has 0 amide bonds. The van der Waals surface area contributed by atoms with Crippen molar-refractivity contribution in [3.8, 4) is 0 Å². The van der Waals surface area contributed by atoms with Gasteiger partial charge in [-0.3, -0.25) is 9.69 Å². The van der Waals surface area contributed by atoms with E-state index in [0.717, 1.165) is 32.4 Å². The number of carbonyl (C=O) groups is 1. The lowest BCUT2D eigenvalue weighted by Gasteiger charge is -2.27. The van der Waals surface area contributed by atoms with E-state index < -0.39 is 5.54 Å². The average molecular weight is 401 g/mol. The van der Waals surface area contributed by atoms with E-state index in [9.17, 15) is 4.79 Å². The molecule has 4 nitrogen and oxygen atoms in total. The molecular formula is C16H20INO3. The number of hydrogen-bond acceptors (Lipinski definition) is 4. The summed E-state index contributed by atoms with van der Waals surface area (Å²) >= 11 is 2.31. The van der Waals surface area contributed by atoms with Crippen LogP contribution in [-0.2, 0) is 20.9 Å². The number of methoxy groups -OCH3 is 1. The van der Waals surface area contributed by atoms with E-state index >= 15 is 0 Å². The second kappa shape index (κ2) is 6.22. The lowest BCUT2D eigenvalue weighted by atomic mass is 9.93. The molecule has 2 aliphatic heterocycles. The van der Waals surface area contributed by atoms with Crippen LogP contribution in [0, 0.1) is 3.57 Å². The van der Waals surface area contributed by atoms with Crippen LogP contribution in [0.4, 0.5) is 0 Å². The number of rotatable bonds is 4. The zero-order chi connectivity index (χ0) is 14.9. The van der Waals surface area contributed by atoms with Crippen molar-refractivity contribution in [2.45, 2.75) is 37.5 Å². The standard InChI is InChI=1S/C16H20INO3/c1-20-15(19)16-6-3-7-18(16)10-14(9-16)21-11-12-4-2-5-13(17)8-12/h2,4-5,8,14H,3,6-7,9-11H2,1H3/t14-,16+/m1/s1. The molecule has 2 aliphatic rings. The van der Waals surface area contributed by atoms with Gasteiger partial charge in [-0.2, -0.15) is 0 Å². The second-order valence-electron chi connectivity index (χ2n) is 5.84. The van der Waals surface area contributed by atoms with E-state index in [2.05, 4.69) is 45.7 Å². The summed E-state index contributed by atoms with van der Waals surface area (Å²) in [6.45, 7) is 2.41.